The highest BCUT2D eigenvalue weighted by Gasteiger charge is 2.25. The number of hydrogen-bond donors (Lipinski definition) is 0. The highest BCUT2D eigenvalue weighted by atomic mass is 32.1. The molecule has 0 spiro atoms. The molecule has 5 nitrogen and oxygen atoms in total. The van der Waals surface area contributed by atoms with Gasteiger partial charge in [-0.2, -0.15) is 0 Å². The fourth-order valence-electron chi connectivity index (χ4n) is 4.55. The van der Waals surface area contributed by atoms with E-state index in [1.165, 1.54) is 17.0 Å². The lowest BCUT2D eigenvalue weighted by atomic mass is 10.1. The van der Waals surface area contributed by atoms with Gasteiger partial charge in [0, 0.05) is 28.5 Å². The van der Waals surface area contributed by atoms with E-state index in [2.05, 4.69) is 25.1 Å². The zero-order valence-corrected chi connectivity index (χ0v) is 20.7. The van der Waals surface area contributed by atoms with Crippen LogP contribution in [0, 0.1) is 12.7 Å². The van der Waals surface area contributed by atoms with E-state index in [0.29, 0.717) is 37.8 Å². The minimum absolute atomic E-state index is 0.0106. The first-order valence-electron chi connectivity index (χ1n) is 12.2. The van der Waals surface area contributed by atoms with Gasteiger partial charge in [-0.15, -0.1) is 11.3 Å². The number of benzene rings is 2. The Morgan fingerprint density at radius 2 is 2.00 bits per heavy atom. The molecule has 0 aliphatic carbocycles. The van der Waals surface area contributed by atoms with Crippen molar-refractivity contribution in [2.45, 2.75) is 45.3 Å². The van der Waals surface area contributed by atoms with Gasteiger partial charge in [-0.25, -0.2) is 4.39 Å². The number of rotatable bonds is 6. The van der Waals surface area contributed by atoms with Crippen molar-refractivity contribution in [3.05, 3.63) is 70.4 Å². The SMILES string of the molecule is Cc1ccc(-c2cc3c(c(OC[C@H]4CCCCO4)c2)OCCN(C(=O)Cc2ccc(F)cc2)C3)s1. The Hall–Kier alpha value is -2.90. The third-order valence-electron chi connectivity index (χ3n) is 6.45. The van der Waals surface area contributed by atoms with Gasteiger partial charge in [0.15, 0.2) is 11.5 Å². The minimum Gasteiger partial charge on any atom is -0.487 e. The molecule has 2 aromatic carbocycles. The van der Waals surface area contributed by atoms with Crippen molar-refractivity contribution in [2.24, 2.45) is 0 Å². The van der Waals surface area contributed by atoms with Gasteiger partial charge in [0.25, 0.3) is 0 Å². The number of aryl methyl sites for hydroxylation is 1. The molecule has 1 amide bonds. The lowest BCUT2D eigenvalue weighted by molar-refractivity contribution is -0.131. The van der Waals surface area contributed by atoms with Crippen LogP contribution in [0.25, 0.3) is 10.4 Å². The largest absolute Gasteiger partial charge is 0.487 e. The Balaban J connectivity index is 1.40. The molecule has 0 N–H and O–H groups in total. The Kier molecular flexibility index (Phi) is 7.35. The molecule has 0 bridgehead atoms. The molecule has 0 saturated carbocycles. The number of hydrogen-bond acceptors (Lipinski definition) is 5. The monoisotopic (exact) mass is 495 g/mol. The van der Waals surface area contributed by atoms with Crippen molar-refractivity contribution in [1.29, 1.82) is 0 Å². The number of halogens is 1. The fourth-order valence-corrected chi connectivity index (χ4v) is 5.40. The molecule has 35 heavy (non-hydrogen) atoms. The van der Waals surface area contributed by atoms with Crippen LogP contribution in [0.4, 0.5) is 4.39 Å². The summed E-state index contributed by atoms with van der Waals surface area (Å²) in [6.07, 6.45) is 3.57. The highest BCUT2D eigenvalue weighted by Crippen LogP contribution is 2.40. The predicted molar refractivity (Wildman–Crippen MR) is 135 cm³/mol. The van der Waals surface area contributed by atoms with Crippen molar-refractivity contribution in [3.63, 3.8) is 0 Å². The van der Waals surface area contributed by atoms with Crippen LogP contribution in [0.15, 0.2) is 48.5 Å². The molecule has 7 heteroatoms. The molecular formula is C28H30FNO4S. The molecule has 1 fully saturated rings. The maximum atomic E-state index is 13.3. The summed E-state index contributed by atoms with van der Waals surface area (Å²) in [6, 6.07) is 14.5. The molecule has 1 saturated heterocycles. The zero-order chi connectivity index (χ0) is 24.2. The van der Waals surface area contributed by atoms with E-state index in [0.717, 1.165) is 47.4 Å². The lowest BCUT2D eigenvalue weighted by Crippen LogP contribution is -2.33. The first kappa shape index (κ1) is 23.8. The molecule has 2 aliphatic rings. The second-order valence-electron chi connectivity index (χ2n) is 9.14. The molecule has 0 unspecified atom stereocenters. The van der Waals surface area contributed by atoms with Gasteiger partial charge >= 0.3 is 0 Å². The van der Waals surface area contributed by atoms with E-state index < -0.39 is 0 Å². The van der Waals surface area contributed by atoms with Crippen molar-refractivity contribution in [3.8, 4) is 21.9 Å². The summed E-state index contributed by atoms with van der Waals surface area (Å²) in [7, 11) is 0. The summed E-state index contributed by atoms with van der Waals surface area (Å²) in [6.45, 7) is 4.65. The van der Waals surface area contributed by atoms with Gasteiger partial charge in [-0.05, 0) is 73.7 Å². The molecule has 184 valence electrons. The highest BCUT2D eigenvalue weighted by molar-refractivity contribution is 7.15. The predicted octanol–water partition coefficient (Wildman–Crippen LogP) is 5.77. The summed E-state index contributed by atoms with van der Waals surface area (Å²) in [4.78, 5) is 17.3. The van der Waals surface area contributed by atoms with E-state index in [4.69, 9.17) is 14.2 Å². The number of amides is 1. The van der Waals surface area contributed by atoms with Gasteiger partial charge in [0.1, 0.15) is 19.0 Å². The maximum absolute atomic E-state index is 13.3. The quantitative estimate of drug-likeness (QED) is 0.435. The van der Waals surface area contributed by atoms with Crippen LogP contribution in [0.5, 0.6) is 11.5 Å². The van der Waals surface area contributed by atoms with Crippen molar-refractivity contribution >= 4 is 17.2 Å². The first-order valence-corrected chi connectivity index (χ1v) is 13.0. The maximum Gasteiger partial charge on any atom is 0.227 e. The van der Waals surface area contributed by atoms with Gasteiger partial charge in [0.05, 0.1) is 19.1 Å². The van der Waals surface area contributed by atoms with E-state index >= 15 is 0 Å². The molecule has 2 aliphatic heterocycles. The number of fused-ring (bicyclic) bond motifs is 1. The molecule has 3 aromatic rings. The lowest BCUT2D eigenvalue weighted by Gasteiger charge is -2.24. The number of nitrogens with zero attached hydrogens (tertiary/aromatic N) is 1. The third kappa shape index (κ3) is 5.85. The Morgan fingerprint density at radius 1 is 1.14 bits per heavy atom. The summed E-state index contributed by atoms with van der Waals surface area (Å²) in [5, 5.41) is 0. The summed E-state index contributed by atoms with van der Waals surface area (Å²) in [5.74, 6) is 1.09. The van der Waals surface area contributed by atoms with Crippen LogP contribution in [0.3, 0.4) is 0 Å². The van der Waals surface area contributed by atoms with Gasteiger partial charge in [-0.3, -0.25) is 4.79 Å². The second kappa shape index (κ2) is 10.8. The number of carbonyl (C=O) groups is 1. The van der Waals surface area contributed by atoms with E-state index in [9.17, 15) is 9.18 Å². The van der Waals surface area contributed by atoms with Crippen molar-refractivity contribution < 1.29 is 23.4 Å². The van der Waals surface area contributed by atoms with Crippen LogP contribution in [0.1, 0.15) is 35.3 Å². The van der Waals surface area contributed by atoms with Crippen LogP contribution in [-0.4, -0.2) is 43.3 Å². The fraction of sp³-hybridized carbons (Fsp3) is 0.393. The van der Waals surface area contributed by atoms with Crippen LogP contribution in [0.2, 0.25) is 0 Å². The number of thiophene rings is 1. The van der Waals surface area contributed by atoms with E-state index in [1.807, 2.05) is 11.0 Å². The van der Waals surface area contributed by atoms with Crippen LogP contribution < -0.4 is 9.47 Å². The average molecular weight is 496 g/mol. The summed E-state index contributed by atoms with van der Waals surface area (Å²) < 4.78 is 31.6. The standard InChI is InChI=1S/C28H30FNO4S/c1-19-5-10-26(35-19)21-15-22-17-30(27(31)14-20-6-8-23(29)9-7-20)11-13-33-28(22)25(16-21)34-18-24-4-2-3-12-32-24/h5-10,15-16,24H,2-4,11-14,17-18H2,1H3/t24-/m1/s1. The molecule has 1 atom stereocenters. The second-order valence-corrected chi connectivity index (χ2v) is 10.4. The minimum atomic E-state index is -0.305. The van der Waals surface area contributed by atoms with Crippen LogP contribution >= 0.6 is 11.3 Å². The zero-order valence-electron chi connectivity index (χ0n) is 19.9. The Labute approximate surface area is 209 Å². The Bertz CT molecular complexity index is 1170. The normalized spacial score (nSPS) is 17.9. The van der Waals surface area contributed by atoms with Gasteiger partial charge < -0.3 is 19.1 Å². The Morgan fingerprint density at radius 3 is 2.74 bits per heavy atom. The first-order chi connectivity index (χ1) is 17.0. The van der Waals surface area contributed by atoms with E-state index in [-0.39, 0.29) is 24.2 Å². The molecule has 3 heterocycles. The van der Waals surface area contributed by atoms with Gasteiger partial charge in [0.2, 0.25) is 5.91 Å². The third-order valence-corrected chi connectivity index (χ3v) is 7.50. The smallest absolute Gasteiger partial charge is 0.227 e. The van der Waals surface area contributed by atoms with E-state index in [1.54, 1.807) is 23.5 Å². The van der Waals surface area contributed by atoms with Crippen molar-refractivity contribution in [1.82, 2.24) is 4.90 Å². The van der Waals surface area contributed by atoms with Crippen molar-refractivity contribution in [2.75, 3.05) is 26.4 Å². The topological polar surface area (TPSA) is 48.0 Å². The van der Waals surface area contributed by atoms with Crippen LogP contribution in [-0.2, 0) is 22.5 Å². The molecule has 0 radical (unpaired) electrons. The molecular weight excluding hydrogens is 465 g/mol. The number of carbonyl (C=O) groups excluding carboxylic acids is 1. The molecule has 1 aromatic heterocycles. The summed E-state index contributed by atoms with van der Waals surface area (Å²) >= 11 is 1.73. The average Bonchev–Trinajstić information content (AvgIpc) is 3.18. The van der Waals surface area contributed by atoms with Gasteiger partial charge in [-0.1, -0.05) is 12.1 Å². The number of ether oxygens (including phenoxy) is 3. The summed E-state index contributed by atoms with van der Waals surface area (Å²) in [5.41, 5.74) is 2.78. The molecule has 5 rings (SSSR count).